The average Bonchev–Trinajstić information content (AvgIpc) is 3.24. The highest BCUT2D eigenvalue weighted by Gasteiger charge is 2.35. The van der Waals surface area contributed by atoms with Crippen molar-refractivity contribution >= 4 is 0 Å². The van der Waals surface area contributed by atoms with Gasteiger partial charge in [0, 0.05) is 18.7 Å². The van der Waals surface area contributed by atoms with Gasteiger partial charge in [-0.1, -0.05) is 0 Å². The fourth-order valence-electron chi connectivity index (χ4n) is 2.95. The van der Waals surface area contributed by atoms with Crippen LogP contribution in [0, 0.1) is 6.92 Å². The Morgan fingerprint density at radius 2 is 2.20 bits per heavy atom. The maximum absolute atomic E-state index is 13.0. The van der Waals surface area contributed by atoms with E-state index in [1.54, 1.807) is 19.1 Å². The third-order valence-electron chi connectivity index (χ3n) is 4.00. The van der Waals surface area contributed by atoms with Crippen molar-refractivity contribution in [1.29, 1.82) is 0 Å². The number of furan rings is 1. The second-order valence-corrected chi connectivity index (χ2v) is 5.88. The van der Waals surface area contributed by atoms with Gasteiger partial charge in [0.1, 0.15) is 18.3 Å². The molecule has 1 aliphatic rings. The molecule has 4 rings (SSSR count). The summed E-state index contributed by atoms with van der Waals surface area (Å²) in [6, 6.07) is 2.79. The third-order valence-corrected chi connectivity index (χ3v) is 4.00. The second kappa shape index (κ2) is 5.73. The van der Waals surface area contributed by atoms with Crippen LogP contribution in [0.1, 0.15) is 29.0 Å². The minimum absolute atomic E-state index is 0.122. The number of H-pyrrole nitrogens is 1. The summed E-state index contributed by atoms with van der Waals surface area (Å²) in [5.41, 5.74) is 1.53. The first-order chi connectivity index (χ1) is 11.9. The Morgan fingerprint density at radius 3 is 2.92 bits per heavy atom. The zero-order valence-corrected chi connectivity index (χ0v) is 13.3. The predicted octanol–water partition coefficient (Wildman–Crippen LogP) is 2.37. The SMILES string of the molecule is Cc1ccc(-c2nc(C3NCCc4[nH]cnc43)n(CC(F)(F)F)n2)o1. The number of halogens is 3. The Kier molecular flexibility index (Phi) is 3.64. The first-order valence-corrected chi connectivity index (χ1v) is 7.74. The van der Waals surface area contributed by atoms with E-state index in [1.165, 1.54) is 6.33 Å². The number of nitrogens with zero attached hydrogens (tertiary/aromatic N) is 4. The summed E-state index contributed by atoms with van der Waals surface area (Å²) in [6.07, 6.45) is -2.16. The van der Waals surface area contributed by atoms with E-state index in [9.17, 15) is 13.2 Å². The molecule has 0 saturated carbocycles. The molecule has 0 saturated heterocycles. The van der Waals surface area contributed by atoms with Crippen molar-refractivity contribution in [2.75, 3.05) is 6.54 Å². The summed E-state index contributed by atoms with van der Waals surface area (Å²) < 4.78 is 45.3. The Labute approximate surface area is 140 Å². The Bertz CT molecular complexity index is 893. The van der Waals surface area contributed by atoms with E-state index >= 15 is 0 Å². The molecule has 132 valence electrons. The maximum atomic E-state index is 13.0. The summed E-state index contributed by atoms with van der Waals surface area (Å²) >= 11 is 0. The molecule has 0 spiro atoms. The highest BCUT2D eigenvalue weighted by Crippen LogP contribution is 2.29. The summed E-state index contributed by atoms with van der Waals surface area (Å²) in [4.78, 5) is 11.6. The molecule has 25 heavy (non-hydrogen) atoms. The van der Waals surface area contributed by atoms with Gasteiger partial charge < -0.3 is 14.7 Å². The lowest BCUT2D eigenvalue weighted by Gasteiger charge is -2.22. The number of alkyl halides is 3. The lowest BCUT2D eigenvalue weighted by atomic mass is 10.1. The van der Waals surface area contributed by atoms with Gasteiger partial charge in [-0.25, -0.2) is 14.6 Å². The molecule has 2 N–H and O–H groups in total. The topological polar surface area (TPSA) is 84.6 Å². The molecule has 0 fully saturated rings. The number of aromatic amines is 1. The molecule has 0 radical (unpaired) electrons. The highest BCUT2D eigenvalue weighted by molar-refractivity contribution is 5.47. The molecule has 3 aromatic rings. The van der Waals surface area contributed by atoms with Gasteiger partial charge in [-0.3, -0.25) is 0 Å². The number of aromatic nitrogens is 5. The molecule has 0 amide bonds. The third kappa shape index (κ3) is 3.04. The number of hydrogen-bond donors (Lipinski definition) is 2. The van der Waals surface area contributed by atoms with Crippen molar-refractivity contribution in [3.8, 4) is 11.6 Å². The van der Waals surface area contributed by atoms with E-state index in [2.05, 4.69) is 25.4 Å². The zero-order valence-electron chi connectivity index (χ0n) is 13.3. The van der Waals surface area contributed by atoms with E-state index in [-0.39, 0.29) is 11.6 Å². The molecule has 1 aliphatic heterocycles. The number of nitrogens with one attached hydrogen (secondary N) is 2. The molecule has 4 heterocycles. The largest absolute Gasteiger partial charge is 0.458 e. The molecular weight excluding hydrogens is 337 g/mol. The predicted molar refractivity (Wildman–Crippen MR) is 80.7 cm³/mol. The standard InChI is InChI=1S/C15H15F3N6O/c1-8-2-3-10(25-8)13-22-14(24(23-13)6-15(16,17)18)12-11-9(4-5-19-12)20-7-21-11/h2-3,7,12,19H,4-6H2,1H3,(H,20,21). The van der Waals surface area contributed by atoms with Crippen LogP contribution in [0.4, 0.5) is 13.2 Å². The number of imidazole rings is 1. The molecule has 3 aromatic heterocycles. The van der Waals surface area contributed by atoms with Crippen LogP contribution in [-0.4, -0.2) is 37.5 Å². The van der Waals surface area contributed by atoms with Crippen LogP contribution < -0.4 is 5.32 Å². The van der Waals surface area contributed by atoms with E-state index in [4.69, 9.17) is 4.42 Å². The highest BCUT2D eigenvalue weighted by atomic mass is 19.4. The van der Waals surface area contributed by atoms with Crippen LogP contribution in [0.5, 0.6) is 0 Å². The minimum atomic E-state index is -4.41. The molecule has 0 aromatic carbocycles. The summed E-state index contributed by atoms with van der Waals surface area (Å²) in [5.74, 6) is 1.25. The summed E-state index contributed by atoms with van der Waals surface area (Å²) in [5, 5.41) is 7.20. The zero-order chi connectivity index (χ0) is 17.6. The lowest BCUT2D eigenvalue weighted by molar-refractivity contribution is -0.143. The van der Waals surface area contributed by atoms with Crippen molar-refractivity contribution in [1.82, 2.24) is 30.0 Å². The van der Waals surface area contributed by atoms with Crippen molar-refractivity contribution in [3.05, 3.63) is 41.4 Å². The maximum Gasteiger partial charge on any atom is 0.408 e. The average molecular weight is 352 g/mol. The van der Waals surface area contributed by atoms with Gasteiger partial charge in [0.15, 0.2) is 11.6 Å². The van der Waals surface area contributed by atoms with Crippen molar-refractivity contribution < 1.29 is 17.6 Å². The van der Waals surface area contributed by atoms with Crippen molar-refractivity contribution in [3.63, 3.8) is 0 Å². The monoisotopic (exact) mass is 352 g/mol. The van der Waals surface area contributed by atoms with Gasteiger partial charge in [-0.2, -0.15) is 13.2 Å². The molecular formula is C15H15F3N6O. The summed E-state index contributed by atoms with van der Waals surface area (Å²) in [6.45, 7) is 1.12. The molecule has 1 unspecified atom stereocenters. The van der Waals surface area contributed by atoms with Crippen molar-refractivity contribution in [2.45, 2.75) is 32.1 Å². The van der Waals surface area contributed by atoms with Gasteiger partial charge in [-0.15, -0.1) is 5.10 Å². The van der Waals surface area contributed by atoms with Gasteiger partial charge in [0.25, 0.3) is 0 Å². The van der Waals surface area contributed by atoms with Gasteiger partial charge in [0.2, 0.25) is 5.82 Å². The number of aryl methyl sites for hydroxylation is 1. The first-order valence-electron chi connectivity index (χ1n) is 7.74. The minimum Gasteiger partial charge on any atom is -0.458 e. The quantitative estimate of drug-likeness (QED) is 0.756. The lowest BCUT2D eigenvalue weighted by Crippen LogP contribution is -2.34. The van der Waals surface area contributed by atoms with Gasteiger partial charge in [0.05, 0.1) is 12.0 Å². The number of hydrogen-bond acceptors (Lipinski definition) is 5. The second-order valence-electron chi connectivity index (χ2n) is 5.88. The smallest absolute Gasteiger partial charge is 0.408 e. The number of fused-ring (bicyclic) bond motifs is 1. The first kappa shape index (κ1) is 15.9. The van der Waals surface area contributed by atoms with Crippen molar-refractivity contribution in [2.24, 2.45) is 0 Å². The van der Waals surface area contributed by atoms with Crippen LogP contribution in [0.25, 0.3) is 11.6 Å². The molecule has 7 nitrogen and oxygen atoms in total. The normalized spacial score (nSPS) is 17.7. The fraction of sp³-hybridized carbons (Fsp3) is 0.400. The molecule has 10 heteroatoms. The Hall–Kier alpha value is -2.62. The van der Waals surface area contributed by atoms with Crippen LogP contribution >= 0.6 is 0 Å². The van der Waals surface area contributed by atoms with E-state index in [0.29, 0.717) is 23.8 Å². The van der Waals surface area contributed by atoms with Crippen LogP contribution in [0.2, 0.25) is 0 Å². The van der Waals surface area contributed by atoms with E-state index < -0.39 is 18.8 Å². The Morgan fingerprint density at radius 1 is 1.36 bits per heavy atom. The number of rotatable bonds is 3. The fourth-order valence-corrected chi connectivity index (χ4v) is 2.95. The molecule has 0 aliphatic carbocycles. The molecule has 0 bridgehead atoms. The molecule has 1 atom stereocenters. The van der Waals surface area contributed by atoms with Crippen LogP contribution in [0.3, 0.4) is 0 Å². The van der Waals surface area contributed by atoms with E-state index in [0.717, 1.165) is 16.8 Å². The Balaban J connectivity index is 1.79. The summed E-state index contributed by atoms with van der Waals surface area (Å²) in [7, 11) is 0. The van der Waals surface area contributed by atoms with Gasteiger partial charge >= 0.3 is 6.18 Å². The van der Waals surface area contributed by atoms with Crippen LogP contribution in [0.15, 0.2) is 22.9 Å². The van der Waals surface area contributed by atoms with E-state index in [1.807, 2.05) is 0 Å². The van der Waals surface area contributed by atoms with Gasteiger partial charge in [-0.05, 0) is 19.1 Å². The van der Waals surface area contributed by atoms with Crippen LogP contribution in [-0.2, 0) is 13.0 Å².